The summed E-state index contributed by atoms with van der Waals surface area (Å²) in [6.07, 6.45) is 1.67. The van der Waals surface area contributed by atoms with E-state index in [9.17, 15) is 9.90 Å². The van der Waals surface area contributed by atoms with Crippen LogP contribution >= 0.6 is 0 Å². The van der Waals surface area contributed by atoms with E-state index in [1.807, 2.05) is 54.0 Å². The predicted molar refractivity (Wildman–Crippen MR) is 105 cm³/mol. The lowest BCUT2D eigenvalue weighted by molar-refractivity contribution is 0.102. The first-order valence-corrected chi connectivity index (χ1v) is 8.67. The molecule has 0 bridgehead atoms. The molecule has 1 amide bonds. The normalized spacial score (nSPS) is 10.9. The third-order valence-corrected chi connectivity index (χ3v) is 4.44. The minimum absolute atomic E-state index is 0.0481. The first kappa shape index (κ1) is 16.8. The van der Waals surface area contributed by atoms with Crippen molar-refractivity contribution in [3.8, 4) is 17.1 Å². The van der Waals surface area contributed by atoms with E-state index < -0.39 is 0 Å². The zero-order valence-electron chi connectivity index (χ0n) is 14.8. The Morgan fingerprint density at radius 2 is 1.85 bits per heavy atom. The van der Waals surface area contributed by atoms with Gasteiger partial charge in [-0.05, 0) is 42.0 Å². The summed E-state index contributed by atoms with van der Waals surface area (Å²) in [6, 6.07) is 18.3. The highest BCUT2D eigenvalue weighted by Gasteiger charge is 2.14. The Morgan fingerprint density at radius 3 is 2.63 bits per heavy atom. The fourth-order valence-corrected chi connectivity index (χ4v) is 3.05. The third kappa shape index (κ3) is 3.25. The Kier molecular flexibility index (Phi) is 4.30. The number of nitrogens with one attached hydrogen (secondary N) is 1. The third-order valence-electron chi connectivity index (χ3n) is 4.44. The number of hydrogen-bond donors (Lipinski definition) is 2. The second kappa shape index (κ2) is 6.92. The number of carbonyl (C=O) groups is 1. The maximum absolute atomic E-state index is 12.7. The topological polar surface area (TPSA) is 80.0 Å². The molecule has 0 saturated heterocycles. The van der Waals surface area contributed by atoms with Gasteiger partial charge in [-0.1, -0.05) is 36.4 Å². The van der Waals surface area contributed by atoms with Gasteiger partial charge < -0.3 is 15.0 Å². The summed E-state index contributed by atoms with van der Waals surface area (Å²) in [5.41, 5.74) is 1.71. The number of fused-ring (bicyclic) bond motifs is 1. The maximum atomic E-state index is 12.7. The number of phenols is 1. The minimum Gasteiger partial charge on any atom is -0.507 e. The standard InChI is InChI=1S/C21H18N4O2/c1-2-25-13-22-24-20(25)16-8-5-9-17(10-16)23-21(27)18-11-14-6-3-4-7-15(14)12-19(18)26/h3-13,26H,2H2,1H3,(H,23,27). The van der Waals surface area contributed by atoms with Crippen LogP contribution in [0, 0.1) is 0 Å². The molecule has 4 aromatic rings. The van der Waals surface area contributed by atoms with Gasteiger partial charge >= 0.3 is 0 Å². The van der Waals surface area contributed by atoms with Gasteiger partial charge in [-0.3, -0.25) is 4.79 Å². The number of rotatable bonds is 4. The second-order valence-corrected chi connectivity index (χ2v) is 6.19. The Balaban J connectivity index is 1.64. The van der Waals surface area contributed by atoms with Crippen molar-refractivity contribution < 1.29 is 9.90 Å². The van der Waals surface area contributed by atoms with E-state index in [2.05, 4.69) is 15.5 Å². The molecule has 6 nitrogen and oxygen atoms in total. The fourth-order valence-electron chi connectivity index (χ4n) is 3.05. The lowest BCUT2D eigenvalue weighted by atomic mass is 10.1. The van der Waals surface area contributed by atoms with Gasteiger partial charge in [0.2, 0.25) is 0 Å². The van der Waals surface area contributed by atoms with Gasteiger partial charge in [-0.15, -0.1) is 10.2 Å². The van der Waals surface area contributed by atoms with Crippen LogP contribution in [0.3, 0.4) is 0 Å². The lowest BCUT2D eigenvalue weighted by Gasteiger charge is -2.10. The van der Waals surface area contributed by atoms with E-state index in [4.69, 9.17) is 0 Å². The highest BCUT2D eigenvalue weighted by molar-refractivity contribution is 6.08. The molecule has 0 unspecified atom stereocenters. The quantitative estimate of drug-likeness (QED) is 0.576. The SMILES string of the molecule is CCn1cnnc1-c1cccc(NC(=O)c2cc3ccccc3cc2O)c1. The number of nitrogens with zero attached hydrogens (tertiary/aromatic N) is 3. The van der Waals surface area contributed by atoms with E-state index >= 15 is 0 Å². The molecule has 0 aliphatic carbocycles. The van der Waals surface area contributed by atoms with Gasteiger partial charge in [0.05, 0.1) is 5.56 Å². The molecule has 0 atom stereocenters. The van der Waals surface area contributed by atoms with Gasteiger partial charge in [0, 0.05) is 17.8 Å². The molecule has 0 saturated carbocycles. The van der Waals surface area contributed by atoms with Crippen molar-refractivity contribution in [3.05, 3.63) is 72.6 Å². The first-order valence-electron chi connectivity index (χ1n) is 8.67. The summed E-state index contributed by atoms with van der Waals surface area (Å²) in [7, 11) is 0. The van der Waals surface area contributed by atoms with E-state index in [0.717, 1.165) is 28.7 Å². The summed E-state index contributed by atoms with van der Waals surface area (Å²) in [4.78, 5) is 12.7. The van der Waals surface area contributed by atoms with Crippen molar-refractivity contribution in [1.29, 1.82) is 0 Å². The average Bonchev–Trinajstić information content (AvgIpc) is 3.16. The monoisotopic (exact) mass is 358 g/mol. The lowest BCUT2D eigenvalue weighted by Crippen LogP contribution is -2.12. The van der Waals surface area contributed by atoms with Crippen LogP contribution in [0.1, 0.15) is 17.3 Å². The highest BCUT2D eigenvalue weighted by Crippen LogP contribution is 2.27. The Hall–Kier alpha value is -3.67. The smallest absolute Gasteiger partial charge is 0.259 e. The van der Waals surface area contributed by atoms with Crippen LogP contribution in [0.5, 0.6) is 5.75 Å². The van der Waals surface area contributed by atoms with E-state index in [1.54, 1.807) is 24.5 Å². The number of aromatic nitrogens is 3. The van der Waals surface area contributed by atoms with Crippen LogP contribution < -0.4 is 5.32 Å². The summed E-state index contributed by atoms with van der Waals surface area (Å²) in [5.74, 6) is 0.322. The molecule has 134 valence electrons. The Morgan fingerprint density at radius 1 is 1.07 bits per heavy atom. The van der Waals surface area contributed by atoms with Crippen LogP contribution in [0.25, 0.3) is 22.2 Å². The van der Waals surface area contributed by atoms with Crippen LogP contribution in [-0.4, -0.2) is 25.8 Å². The van der Waals surface area contributed by atoms with Crippen LogP contribution in [0.2, 0.25) is 0 Å². The summed E-state index contributed by atoms with van der Waals surface area (Å²) in [5, 5.41) is 23.0. The van der Waals surface area contributed by atoms with Crippen molar-refractivity contribution in [2.75, 3.05) is 5.32 Å². The molecule has 1 heterocycles. The predicted octanol–water partition coefficient (Wildman–Crippen LogP) is 4.08. The van der Waals surface area contributed by atoms with E-state index in [0.29, 0.717) is 5.69 Å². The number of aryl methyl sites for hydroxylation is 1. The Labute approximate surface area is 156 Å². The zero-order chi connectivity index (χ0) is 18.8. The molecule has 0 aliphatic rings. The summed E-state index contributed by atoms with van der Waals surface area (Å²) in [6.45, 7) is 2.77. The van der Waals surface area contributed by atoms with Crippen molar-refractivity contribution in [2.45, 2.75) is 13.5 Å². The number of hydrogen-bond acceptors (Lipinski definition) is 4. The first-order chi connectivity index (χ1) is 13.2. The molecule has 0 aliphatic heterocycles. The van der Waals surface area contributed by atoms with Crippen LogP contribution in [-0.2, 0) is 6.54 Å². The van der Waals surface area contributed by atoms with Gasteiger partial charge in [0.15, 0.2) is 5.82 Å². The number of anilines is 1. The van der Waals surface area contributed by atoms with Gasteiger partial charge in [0.25, 0.3) is 5.91 Å². The number of carbonyl (C=O) groups excluding carboxylic acids is 1. The van der Waals surface area contributed by atoms with Crippen LogP contribution in [0.4, 0.5) is 5.69 Å². The van der Waals surface area contributed by atoms with Gasteiger partial charge in [0.1, 0.15) is 12.1 Å². The fraction of sp³-hybridized carbons (Fsp3) is 0.0952. The molecule has 0 fully saturated rings. The molecule has 0 radical (unpaired) electrons. The maximum Gasteiger partial charge on any atom is 0.259 e. The van der Waals surface area contributed by atoms with Gasteiger partial charge in [-0.25, -0.2) is 0 Å². The molecule has 4 rings (SSSR count). The van der Waals surface area contributed by atoms with Crippen LogP contribution in [0.15, 0.2) is 67.0 Å². The van der Waals surface area contributed by atoms with E-state index in [-0.39, 0.29) is 17.2 Å². The van der Waals surface area contributed by atoms with Crippen molar-refractivity contribution in [2.24, 2.45) is 0 Å². The summed E-state index contributed by atoms with van der Waals surface area (Å²) < 4.78 is 1.93. The van der Waals surface area contributed by atoms with Crippen molar-refractivity contribution in [3.63, 3.8) is 0 Å². The highest BCUT2D eigenvalue weighted by atomic mass is 16.3. The average molecular weight is 358 g/mol. The Bertz CT molecular complexity index is 1130. The molecule has 2 N–H and O–H groups in total. The molecule has 1 aromatic heterocycles. The molecular formula is C21H18N4O2. The molecule has 27 heavy (non-hydrogen) atoms. The zero-order valence-corrected chi connectivity index (χ0v) is 14.8. The van der Waals surface area contributed by atoms with Gasteiger partial charge in [-0.2, -0.15) is 0 Å². The second-order valence-electron chi connectivity index (χ2n) is 6.19. The molecular weight excluding hydrogens is 340 g/mol. The minimum atomic E-state index is -0.368. The number of aromatic hydroxyl groups is 1. The van der Waals surface area contributed by atoms with Crippen molar-refractivity contribution in [1.82, 2.24) is 14.8 Å². The van der Waals surface area contributed by atoms with Crippen molar-refractivity contribution >= 4 is 22.4 Å². The molecule has 3 aromatic carbocycles. The summed E-state index contributed by atoms with van der Waals surface area (Å²) >= 11 is 0. The largest absolute Gasteiger partial charge is 0.507 e. The molecule has 6 heteroatoms. The molecule has 0 spiro atoms. The number of benzene rings is 3. The number of amides is 1. The number of phenolic OH excluding ortho intramolecular Hbond substituents is 1. The van der Waals surface area contributed by atoms with E-state index in [1.165, 1.54) is 0 Å².